The van der Waals surface area contributed by atoms with Gasteiger partial charge < -0.3 is 15.5 Å². The van der Waals surface area contributed by atoms with Gasteiger partial charge in [-0.3, -0.25) is 4.79 Å². The lowest BCUT2D eigenvalue weighted by Crippen LogP contribution is -2.41. The third-order valence-corrected chi connectivity index (χ3v) is 4.22. The van der Waals surface area contributed by atoms with Gasteiger partial charge in [-0.15, -0.1) is 11.3 Å². The van der Waals surface area contributed by atoms with E-state index in [-0.39, 0.29) is 5.91 Å². The number of nitrogens with zero attached hydrogens (tertiary/aromatic N) is 2. The van der Waals surface area contributed by atoms with E-state index in [1.807, 2.05) is 30.4 Å². The van der Waals surface area contributed by atoms with Gasteiger partial charge in [-0.25, -0.2) is 0 Å². The zero-order valence-corrected chi connectivity index (χ0v) is 12.9. The molecule has 0 aliphatic carbocycles. The lowest BCUT2D eigenvalue weighted by molar-refractivity contribution is 0.0717. The molecule has 1 aliphatic rings. The largest absolute Gasteiger partial charge is 0.334 e. The molecule has 0 saturated carbocycles. The van der Waals surface area contributed by atoms with E-state index in [2.05, 4.69) is 16.7 Å². The van der Waals surface area contributed by atoms with E-state index >= 15 is 0 Å². The van der Waals surface area contributed by atoms with E-state index in [1.54, 1.807) is 0 Å². The van der Waals surface area contributed by atoms with Crippen LogP contribution in [0, 0.1) is 11.8 Å². The molecule has 0 aromatic carbocycles. The predicted octanol–water partition coefficient (Wildman–Crippen LogP) is 1.22. The molecule has 1 saturated heterocycles. The Morgan fingerprint density at radius 3 is 3.10 bits per heavy atom. The van der Waals surface area contributed by atoms with Gasteiger partial charge in [0.15, 0.2) is 0 Å². The molecule has 108 valence electrons. The summed E-state index contributed by atoms with van der Waals surface area (Å²) in [5, 5.41) is 1.90. The SMILES string of the molecule is CN(C)CC1CCCN1C(=O)c1csc(C#CCN)c1. The van der Waals surface area contributed by atoms with E-state index in [9.17, 15) is 4.79 Å². The Morgan fingerprint density at radius 1 is 1.60 bits per heavy atom. The van der Waals surface area contributed by atoms with Crippen molar-refractivity contribution >= 4 is 17.2 Å². The minimum Gasteiger partial charge on any atom is -0.334 e. The minimum atomic E-state index is 0.131. The van der Waals surface area contributed by atoms with Crippen molar-refractivity contribution in [2.75, 3.05) is 33.7 Å². The second-order valence-electron chi connectivity index (χ2n) is 5.26. The fraction of sp³-hybridized carbons (Fsp3) is 0.533. The zero-order valence-electron chi connectivity index (χ0n) is 12.1. The first-order valence-corrected chi connectivity index (χ1v) is 7.73. The fourth-order valence-corrected chi connectivity index (χ4v) is 3.28. The summed E-state index contributed by atoms with van der Waals surface area (Å²) < 4.78 is 0. The second-order valence-corrected chi connectivity index (χ2v) is 6.17. The van der Waals surface area contributed by atoms with E-state index in [0.29, 0.717) is 12.6 Å². The first-order chi connectivity index (χ1) is 9.61. The Labute approximate surface area is 124 Å². The summed E-state index contributed by atoms with van der Waals surface area (Å²) in [5.74, 6) is 5.93. The van der Waals surface area contributed by atoms with Gasteiger partial charge in [0, 0.05) is 24.5 Å². The highest BCUT2D eigenvalue weighted by atomic mass is 32.1. The number of hydrogen-bond donors (Lipinski definition) is 1. The summed E-state index contributed by atoms with van der Waals surface area (Å²) in [5.41, 5.74) is 6.11. The Kier molecular flexibility index (Phi) is 5.18. The van der Waals surface area contributed by atoms with Crippen molar-refractivity contribution in [3.05, 3.63) is 21.9 Å². The molecule has 4 nitrogen and oxygen atoms in total. The highest BCUT2D eigenvalue weighted by molar-refractivity contribution is 7.10. The van der Waals surface area contributed by atoms with Crippen molar-refractivity contribution in [2.24, 2.45) is 5.73 Å². The van der Waals surface area contributed by atoms with Crippen LogP contribution in [-0.4, -0.2) is 55.5 Å². The van der Waals surface area contributed by atoms with Crippen molar-refractivity contribution in [3.8, 4) is 11.8 Å². The number of thiophene rings is 1. The zero-order chi connectivity index (χ0) is 14.5. The maximum absolute atomic E-state index is 12.6. The smallest absolute Gasteiger partial charge is 0.255 e. The summed E-state index contributed by atoms with van der Waals surface area (Å²) in [4.78, 5) is 17.6. The number of nitrogens with two attached hydrogens (primary N) is 1. The van der Waals surface area contributed by atoms with Crippen LogP contribution < -0.4 is 5.73 Å². The van der Waals surface area contributed by atoms with Gasteiger partial charge in [-0.2, -0.15) is 0 Å². The normalized spacial score (nSPS) is 18.2. The van der Waals surface area contributed by atoms with Crippen LogP contribution in [-0.2, 0) is 0 Å². The van der Waals surface area contributed by atoms with E-state index in [4.69, 9.17) is 5.73 Å². The molecular weight excluding hydrogens is 270 g/mol. The Bertz CT molecular complexity index is 527. The van der Waals surface area contributed by atoms with Gasteiger partial charge in [-0.05, 0) is 33.0 Å². The molecule has 0 radical (unpaired) electrons. The minimum absolute atomic E-state index is 0.131. The number of carbonyl (C=O) groups is 1. The van der Waals surface area contributed by atoms with Crippen molar-refractivity contribution in [2.45, 2.75) is 18.9 Å². The van der Waals surface area contributed by atoms with Gasteiger partial charge in [0.2, 0.25) is 0 Å². The molecule has 0 spiro atoms. The molecule has 1 amide bonds. The first kappa shape index (κ1) is 15.0. The molecule has 1 aromatic heterocycles. The summed E-state index contributed by atoms with van der Waals surface area (Å²) >= 11 is 1.50. The summed E-state index contributed by atoms with van der Waals surface area (Å²) in [6.07, 6.45) is 2.18. The van der Waals surface area contributed by atoms with Gasteiger partial charge in [-0.1, -0.05) is 11.8 Å². The number of hydrogen-bond acceptors (Lipinski definition) is 4. The van der Waals surface area contributed by atoms with Crippen LogP contribution in [0.25, 0.3) is 0 Å². The maximum Gasteiger partial charge on any atom is 0.255 e. The molecule has 0 bridgehead atoms. The van der Waals surface area contributed by atoms with Crippen LogP contribution >= 0.6 is 11.3 Å². The Balaban J connectivity index is 2.08. The van der Waals surface area contributed by atoms with Gasteiger partial charge >= 0.3 is 0 Å². The number of carbonyl (C=O) groups excluding carboxylic acids is 1. The Morgan fingerprint density at radius 2 is 2.40 bits per heavy atom. The second kappa shape index (κ2) is 6.89. The summed E-state index contributed by atoms with van der Waals surface area (Å²) in [6.45, 7) is 2.13. The number of amides is 1. The van der Waals surface area contributed by atoms with Crippen molar-refractivity contribution in [1.82, 2.24) is 9.80 Å². The Hall–Kier alpha value is -1.35. The van der Waals surface area contributed by atoms with Crippen LogP contribution in [0.4, 0.5) is 0 Å². The van der Waals surface area contributed by atoms with Crippen molar-refractivity contribution < 1.29 is 4.79 Å². The van der Waals surface area contributed by atoms with Crippen LogP contribution in [0.2, 0.25) is 0 Å². The molecule has 2 heterocycles. The third kappa shape index (κ3) is 3.60. The van der Waals surface area contributed by atoms with Crippen LogP contribution in [0.15, 0.2) is 11.4 Å². The lowest BCUT2D eigenvalue weighted by atomic mass is 10.2. The highest BCUT2D eigenvalue weighted by Gasteiger charge is 2.29. The molecule has 2 N–H and O–H groups in total. The molecule has 1 aliphatic heterocycles. The summed E-state index contributed by atoms with van der Waals surface area (Å²) in [6, 6.07) is 2.21. The van der Waals surface area contributed by atoms with Gasteiger partial charge in [0.1, 0.15) is 0 Å². The number of likely N-dealkylation sites (N-methyl/N-ethyl adjacent to an activating group) is 1. The molecule has 5 heteroatoms. The number of likely N-dealkylation sites (tertiary alicyclic amines) is 1. The monoisotopic (exact) mass is 291 g/mol. The van der Waals surface area contributed by atoms with Crippen LogP contribution in [0.3, 0.4) is 0 Å². The standard InChI is InChI=1S/C15H21N3OS/c1-17(2)10-13-5-4-8-18(13)15(19)12-9-14(20-11-12)6-3-7-16/h9,11,13H,4-5,7-8,10,16H2,1-2H3. The average molecular weight is 291 g/mol. The van der Waals surface area contributed by atoms with Crippen molar-refractivity contribution in [1.29, 1.82) is 0 Å². The quantitative estimate of drug-likeness (QED) is 0.852. The topological polar surface area (TPSA) is 49.6 Å². The highest BCUT2D eigenvalue weighted by Crippen LogP contribution is 2.23. The molecule has 2 rings (SSSR count). The van der Waals surface area contributed by atoms with E-state index in [0.717, 1.165) is 36.4 Å². The van der Waals surface area contributed by atoms with Crippen molar-refractivity contribution in [3.63, 3.8) is 0 Å². The average Bonchev–Trinajstić information content (AvgIpc) is 3.04. The molecule has 1 atom stereocenters. The fourth-order valence-electron chi connectivity index (χ4n) is 2.53. The van der Waals surface area contributed by atoms with Gasteiger partial charge in [0.25, 0.3) is 5.91 Å². The predicted molar refractivity (Wildman–Crippen MR) is 82.9 cm³/mol. The molecule has 1 unspecified atom stereocenters. The van der Waals surface area contributed by atoms with Crippen LogP contribution in [0.1, 0.15) is 28.1 Å². The van der Waals surface area contributed by atoms with Gasteiger partial charge in [0.05, 0.1) is 17.0 Å². The van der Waals surface area contributed by atoms with Crippen LogP contribution in [0.5, 0.6) is 0 Å². The lowest BCUT2D eigenvalue weighted by Gasteiger charge is -2.26. The molecule has 20 heavy (non-hydrogen) atoms. The maximum atomic E-state index is 12.6. The molecule has 1 fully saturated rings. The first-order valence-electron chi connectivity index (χ1n) is 6.85. The third-order valence-electron chi connectivity index (χ3n) is 3.37. The van der Waals surface area contributed by atoms with E-state index < -0.39 is 0 Å². The number of rotatable bonds is 3. The summed E-state index contributed by atoms with van der Waals surface area (Å²) in [7, 11) is 4.10. The van der Waals surface area contributed by atoms with E-state index in [1.165, 1.54) is 11.3 Å². The molecule has 1 aromatic rings. The molecular formula is C15H21N3OS.